The highest BCUT2D eigenvalue weighted by atomic mass is 32.2. The van der Waals surface area contributed by atoms with E-state index in [1.165, 1.54) is 0 Å². The number of alkyl halides is 9. The number of sulfone groups is 1. The van der Waals surface area contributed by atoms with Crippen molar-refractivity contribution in [1.82, 2.24) is 0 Å². The van der Waals surface area contributed by atoms with Gasteiger partial charge in [-0.1, -0.05) is 0 Å². The Labute approximate surface area is 122 Å². The van der Waals surface area contributed by atoms with Crippen LogP contribution in [-0.4, -0.2) is 36.8 Å². The fourth-order valence-corrected chi connectivity index (χ4v) is 2.56. The van der Waals surface area contributed by atoms with Crippen LogP contribution in [0.3, 0.4) is 0 Å². The molecule has 0 fully saturated rings. The highest BCUT2D eigenvalue weighted by Gasteiger charge is 2.85. The smallest absolute Gasteiger partial charge is 0.460 e. The van der Waals surface area contributed by atoms with E-state index in [1.807, 2.05) is 0 Å². The van der Waals surface area contributed by atoms with Crippen LogP contribution < -0.4 is 0 Å². The van der Waals surface area contributed by atoms with Gasteiger partial charge in [0.25, 0.3) is 0 Å². The molecule has 23 heavy (non-hydrogen) atoms. The molecular formula is C10H5F9O3S. The van der Waals surface area contributed by atoms with Crippen LogP contribution >= 0.6 is 0 Å². The molecule has 3 nitrogen and oxygen atoms in total. The van der Waals surface area contributed by atoms with Crippen molar-refractivity contribution in [3.63, 3.8) is 0 Å². The minimum absolute atomic E-state index is 0.139. The Morgan fingerprint density at radius 1 is 0.739 bits per heavy atom. The summed E-state index contributed by atoms with van der Waals surface area (Å²) in [6.45, 7) is 0. The van der Waals surface area contributed by atoms with Crippen LogP contribution in [0.25, 0.3) is 0 Å². The monoisotopic (exact) mass is 376 g/mol. The predicted molar refractivity (Wildman–Crippen MR) is 56.2 cm³/mol. The molecular weight excluding hydrogens is 371 g/mol. The van der Waals surface area contributed by atoms with E-state index in [1.54, 1.807) is 0 Å². The standard InChI is InChI=1S/C10H5F9O3S/c11-7(12,9(15,16)17)8(13,14)10(18,19)23(21,22)6-3-1-5(20)2-4-6/h1-4,20H. The van der Waals surface area contributed by atoms with Gasteiger partial charge in [-0.15, -0.1) is 0 Å². The molecule has 1 aromatic carbocycles. The van der Waals surface area contributed by atoms with E-state index in [2.05, 4.69) is 0 Å². The second-order valence-corrected chi connectivity index (χ2v) is 6.15. The summed E-state index contributed by atoms with van der Waals surface area (Å²) in [7, 11) is -6.63. The molecule has 0 unspecified atom stereocenters. The molecule has 0 bridgehead atoms. The topological polar surface area (TPSA) is 54.4 Å². The number of benzene rings is 1. The summed E-state index contributed by atoms with van der Waals surface area (Å²) in [5.74, 6) is -15.3. The van der Waals surface area contributed by atoms with Crippen molar-refractivity contribution in [2.45, 2.75) is 28.2 Å². The maximum Gasteiger partial charge on any atom is 0.460 e. The lowest BCUT2D eigenvalue weighted by Gasteiger charge is -2.33. The summed E-state index contributed by atoms with van der Waals surface area (Å²) in [5.41, 5.74) is 0. The lowest BCUT2D eigenvalue weighted by atomic mass is 10.1. The van der Waals surface area contributed by atoms with Crippen LogP contribution in [0.2, 0.25) is 0 Å². The van der Waals surface area contributed by atoms with Crippen molar-refractivity contribution in [2.24, 2.45) is 0 Å². The fraction of sp³-hybridized carbons (Fsp3) is 0.400. The molecule has 1 aromatic rings. The van der Waals surface area contributed by atoms with Gasteiger partial charge in [-0.05, 0) is 24.3 Å². The quantitative estimate of drug-likeness (QED) is 0.818. The van der Waals surface area contributed by atoms with Crippen LogP contribution in [0, 0.1) is 0 Å². The van der Waals surface area contributed by atoms with E-state index < -0.39 is 43.8 Å². The molecule has 0 aliphatic carbocycles. The highest BCUT2D eigenvalue weighted by Crippen LogP contribution is 2.55. The number of phenols is 1. The summed E-state index contributed by atoms with van der Waals surface area (Å²) in [6.07, 6.45) is -7.12. The van der Waals surface area contributed by atoms with E-state index >= 15 is 0 Å². The average Bonchev–Trinajstić information content (AvgIpc) is 2.37. The van der Waals surface area contributed by atoms with Gasteiger partial charge in [-0.25, -0.2) is 8.42 Å². The molecule has 0 aliphatic heterocycles. The first-order valence-electron chi connectivity index (χ1n) is 5.24. The van der Waals surface area contributed by atoms with Crippen molar-refractivity contribution in [3.05, 3.63) is 24.3 Å². The van der Waals surface area contributed by atoms with Gasteiger partial charge in [0.05, 0.1) is 4.90 Å². The van der Waals surface area contributed by atoms with Gasteiger partial charge in [-0.3, -0.25) is 0 Å². The first-order valence-corrected chi connectivity index (χ1v) is 6.72. The Morgan fingerprint density at radius 2 is 1.13 bits per heavy atom. The maximum absolute atomic E-state index is 13.4. The molecule has 1 rings (SSSR count). The van der Waals surface area contributed by atoms with Crippen molar-refractivity contribution >= 4 is 9.84 Å². The highest BCUT2D eigenvalue weighted by molar-refractivity contribution is 7.92. The minimum atomic E-state index is -7.31. The zero-order valence-corrected chi connectivity index (χ0v) is 11.2. The predicted octanol–water partition coefficient (Wildman–Crippen LogP) is 3.59. The lowest BCUT2D eigenvalue weighted by molar-refractivity contribution is -0.382. The molecule has 0 saturated carbocycles. The van der Waals surface area contributed by atoms with Crippen LogP contribution in [0.1, 0.15) is 0 Å². The van der Waals surface area contributed by atoms with E-state index in [9.17, 15) is 47.9 Å². The fourth-order valence-electron chi connectivity index (χ4n) is 1.30. The van der Waals surface area contributed by atoms with E-state index in [0.717, 1.165) is 0 Å². The molecule has 0 amide bonds. The summed E-state index contributed by atoms with van der Waals surface area (Å²) >= 11 is 0. The normalized spacial score (nSPS) is 14.8. The number of phenolic OH excluding ortho intramolecular Hbond substituents is 1. The first-order chi connectivity index (χ1) is 10.00. The molecule has 0 aromatic heterocycles. The third-order valence-corrected chi connectivity index (χ3v) is 4.42. The Kier molecular flexibility index (Phi) is 4.36. The van der Waals surface area contributed by atoms with Crippen molar-refractivity contribution < 1.29 is 53.0 Å². The molecule has 0 radical (unpaired) electrons. The van der Waals surface area contributed by atoms with Crippen LogP contribution in [-0.2, 0) is 9.84 Å². The molecule has 0 spiro atoms. The minimum Gasteiger partial charge on any atom is -0.508 e. The molecule has 0 saturated heterocycles. The number of rotatable bonds is 4. The zero-order valence-electron chi connectivity index (χ0n) is 10.4. The second-order valence-electron chi connectivity index (χ2n) is 4.16. The van der Waals surface area contributed by atoms with E-state index in [-0.39, 0.29) is 12.1 Å². The van der Waals surface area contributed by atoms with Gasteiger partial charge >= 0.3 is 23.3 Å². The average molecular weight is 376 g/mol. The van der Waals surface area contributed by atoms with Crippen molar-refractivity contribution in [2.75, 3.05) is 0 Å². The molecule has 132 valence electrons. The van der Waals surface area contributed by atoms with E-state index in [4.69, 9.17) is 5.11 Å². The Balaban J connectivity index is 3.53. The van der Waals surface area contributed by atoms with Gasteiger partial charge in [0.15, 0.2) is 0 Å². The van der Waals surface area contributed by atoms with Crippen LogP contribution in [0.4, 0.5) is 39.5 Å². The van der Waals surface area contributed by atoms with Crippen molar-refractivity contribution in [1.29, 1.82) is 0 Å². The molecule has 0 aliphatic rings. The molecule has 13 heteroatoms. The lowest BCUT2D eigenvalue weighted by Crippen LogP contribution is -2.63. The van der Waals surface area contributed by atoms with Gasteiger partial charge in [0, 0.05) is 0 Å². The molecule has 1 N–H and O–H groups in total. The zero-order chi connectivity index (χ0) is 18.5. The van der Waals surface area contributed by atoms with Gasteiger partial charge in [-0.2, -0.15) is 39.5 Å². The molecule has 0 atom stereocenters. The Morgan fingerprint density at radius 3 is 1.48 bits per heavy atom. The van der Waals surface area contributed by atoms with Crippen LogP contribution in [0.15, 0.2) is 29.2 Å². The third-order valence-electron chi connectivity index (χ3n) is 2.60. The number of aromatic hydroxyl groups is 1. The maximum atomic E-state index is 13.4. The van der Waals surface area contributed by atoms with E-state index in [0.29, 0.717) is 12.1 Å². The largest absolute Gasteiger partial charge is 0.508 e. The van der Waals surface area contributed by atoms with Gasteiger partial charge in [0.2, 0.25) is 9.84 Å². The Bertz CT molecular complexity index is 677. The summed E-state index contributed by atoms with van der Waals surface area (Å²) in [5, 5.41) is 2.04. The number of hydrogen-bond acceptors (Lipinski definition) is 3. The van der Waals surface area contributed by atoms with Gasteiger partial charge in [0.1, 0.15) is 5.75 Å². The van der Waals surface area contributed by atoms with Crippen LogP contribution in [0.5, 0.6) is 5.75 Å². The summed E-state index contributed by atoms with van der Waals surface area (Å²) < 4.78 is 137. The van der Waals surface area contributed by atoms with Crippen molar-refractivity contribution in [3.8, 4) is 5.75 Å². The third kappa shape index (κ3) is 2.70. The number of hydrogen-bond donors (Lipinski definition) is 1. The SMILES string of the molecule is O=S(=O)(c1ccc(O)cc1)C(F)(F)C(F)(F)C(F)(F)C(F)(F)F. The molecule has 0 heterocycles. The number of halogens is 9. The van der Waals surface area contributed by atoms with Gasteiger partial charge < -0.3 is 5.11 Å². The Hall–Kier alpha value is -1.66. The first kappa shape index (κ1) is 19.4. The second kappa shape index (κ2) is 5.18. The summed E-state index contributed by atoms with van der Waals surface area (Å²) in [6, 6.07) is 1.15. The summed E-state index contributed by atoms with van der Waals surface area (Å²) in [4.78, 5) is -1.68.